The van der Waals surface area contributed by atoms with Crippen LogP contribution < -0.4 is 18.9 Å². The van der Waals surface area contributed by atoms with Crippen molar-refractivity contribution < 1.29 is 47.4 Å². The van der Waals surface area contributed by atoms with E-state index in [4.69, 9.17) is 42.6 Å². The Bertz CT molecular complexity index is 964. The highest BCUT2D eigenvalue weighted by Crippen LogP contribution is 2.29. The zero-order chi connectivity index (χ0) is 26.7. The van der Waals surface area contributed by atoms with Crippen molar-refractivity contribution in [3.63, 3.8) is 0 Å². The molecule has 10 nitrogen and oxygen atoms in total. The molecule has 0 saturated heterocycles. The average Bonchev–Trinajstić information content (AvgIpc) is 2.94. The molecular weight excluding hydrogens is 496 g/mol. The van der Waals surface area contributed by atoms with Crippen molar-refractivity contribution in [1.82, 2.24) is 0 Å². The summed E-state index contributed by atoms with van der Waals surface area (Å²) in [6.07, 6.45) is 1.12. The van der Waals surface area contributed by atoms with E-state index in [9.17, 15) is 4.79 Å². The number of fused-ring (bicyclic) bond motifs is 2. The van der Waals surface area contributed by atoms with Gasteiger partial charge >= 0.3 is 5.97 Å². The van der Waals surface area contributed by atoms with Crippen molar-refractivity contribution in [1.29, 1.82) is 0 Å². The number of carbonyl (C=O) groups is 1. The lowest BCUT2D eigenvalue weighted by atomic mass is 10.2. The number of hydrogen-bond acceptors (Lipinski definition) is 10. The third-order valence-corrected chi connectivity index (χ3v) is 5.09. The maximum absolute atomic E-state index is 11.4. The minimum Gasteiger partial charge on any atom is -0.487 e. The van der Waals surface area contributed by atoms with E-state index >= 15 is 0 Å². The van der Waals surface area contributed by atoms with E-state index in [-0.39, 0.29) is 6.61 Å². The maximum Gasteiger partial charge on any atom is 0.330 e. The van der Waals surface area contributed by atoms with E-state index in [0.29, 0.717) is 102 Å². The van der Waals surface area contributed by atoms with E-state index in [1.54, 1.807) is 18.2 Å². The van der Waals surface area contributed by atoms with E-state index in [0.717, 1.165) is 11.6 Å². The number of hydrogen-bond donors (Lipinski definition) is 0. The second-order valence-electron chi connectivity index (χ2n) is 7.88. The Kier molecular flexibility index (Phi) is 13.9. The minimum atomic E-state index is -0.495. The molecule has 0 radical (unpaired) electrons. The first kappa shape index (κ1) is 29.2. The zero-order valence-electron chi connectivity index (χ0n) is 21.6. The SMILES string of the molecule is C=CC(=O)OCc1ccc2c(c1)OCCOCCOCCOc1ccccc1OCCOCCOCCO2. The van der Waals surface area contributed by atoms with E-state index in [1.807, 2.05) is 24.3 Å². The topological polar surface area (TPSA) is 100 Å². The van der Waals surface area contributed by atoms with Gasteiger partial charge in [-0.3, -0.25) is 0 Å². The molecule has 0 unspecified atom stereocenters. The summed E-state index contributed by atoms with van der Waals surface area (Å²) in [5.74, 6) is 1.90. The van der Waals surface area contributed by atoms with Crippen molar-refractivity contribution in [2.75, 3.05) is 79.3 Å². The number of ether oxygens (including phenoxy) is 9. The Hall–Kier alpha value is -3.31. The molecule has 2 aromatic carbocycles. The summed E-state index contributed by atoms with van der Waals surface area (Å²) in [7, 11) is 0. The number of carbonyl (C=O) groups excluding carboxylic acids is 1. The van der Waals surface area contributed by atoms with Crippen LogP contribution in [0.4, 0.5) is 0 Å². The molecule has 2 aromatic rings. The van der Waals surface area contributed by atoms with Gasteiger partial charge in [-0.1, -0.05) is 24.8 Å². The first-order valence-corrected chi connectivity index (χ1v) is 12.6. The first-order valence-electron chi connectivity index (χ1n) is 12.6. The largest absolute Gasteiger partial charge is 0.487 e. The van der Waals surface area contributed by atoms with Gasteiger partial charge in [0.25, 0.3) is 0 Å². The van der Waals surface area contributed by atoms with Crippen LogP contribution in [-0.2, 0) is 35.1 Å². The predicted octanol–water partition coefficient (Wildman–Crippen LogP) is 3.21. The fourth-order valence-corrected chi connectivity index (χ4v) is 3.26. The lowest BCUT2D eigenvalue weighted by molar-refractivity contribution is -0.138. The van der Waals surface area contributed by atoms with E-state index in [2.05, 4.69) is 6.58 Å². The second kappa shape index (κ2) is 18.0. The fourth-order valence-electron chi connectivity index (χ4n) is 3.26. The van der Waals surface area contributed by atoms with Gasteiger partial charge in [0.2, 0.25) is 0 Å². The normalized spacial score (nSPS) is 16.9. The Morgan fingerprint density at radius 3 is 1.53 bits per heavy atom. The van der Waals surface area contributed by atoms with Gasteiger partial charge in [0.05, 0.1) is 52.9 Å². The van der Waals surface area contributed by atoms with E-state index in [1.165, 1.54) is 0 Å². The van der Waals surface area contributed by atoms with Gasteiger partial charge in [-0.15, -0.1) is 0 Å². The van der Waals surface area contributed by atoms with Gasteiger partial charge in [-0.2, -0.15) is 0 Å². The average molecular weight is 533 g/mol. The van der Waals surface area contributed by atoms with E-state index < -0.39 is 5.97 Å². The lowest BCUT2D eigenvalue weighted by Crippen LogP contribution is -2.15. The molecule has 3 rings (SSSR count). The van der Waals surface area contributed by atoms with Crippen LogP contribution in [-0.4, -0.2) is 85.3 Å². The van der Waals surface area contributed by atoms with Gasteiger partial charge in [0.15, 0.2) is 23.0 Å². The summed E-state index contributed by atoms with van der Waals surface area (Å²) in [6.45, 7) is 8.21. The van der Waals surface area contributed by atoms with Gasteiger partial charge in [-0.25, -0.2) is 4.79 Å². The van der Waals surface area contributed by atoms with Crippen LogP contribution in [0.3, 0.4) is 0 Å². The zero-order valence-corrected chi connectivity index (χ0v) is 21.6. The quantitative estimate of drug-likeness (QED) is 0.433. The first-order chi connectivity index (χ1) is 18.8. The molecule has 1 heterocycles. The van der Waals surface area contributed by atoms with Crippen LogP contribution in [0.2, 0.25) is 0 Å². The standard InChI is InChI=1S/C28H36O10/c1-2-28(29)38-22-23-7-8-26-27(21-23)37-20-16-33-12-11-31-14-18-35-25-6-4-3-5-24(25)34-17-13-30-9-10-32-15-19-36-26/h2-8,21H,1,9-20,22H2. The maximum atomic E-state index is 11.4. The van der Waals surface area contributed by atoms with Crippen molar-refractivity contribution in [3.05, 3.63) is 60.7 Å². The fraction of sp³-hybridized carbons (Fsp3) is 0.464. The van der Waals surface area contributed by atoms with Crippen LogP contribution in [0.15, 0.2) is 55.1 Å². The Morgan fingerprint density at radius 2 is 1.05 bits per heavy atom. The molecule has 1 aliphatic rings. The molecule has 0 fully saturated rings. The molecule has 0 aromatic heterocycles. The molecule has 0 amide bonds. The van der Waals surface area contributed by atoms with Crippen molar-refractivity contribution in [2.24, 2.45) is 0 Å². The van der Waals surface area contributed by atoms with Crippen LogP contribution in [0.25, 0.3) is 0 Å². The second-order valence-corrected chi connectivity index (χ2v) is 7.88. The number of benzene rings is 2. The Balaban J connectivity index is 1.50. The summed E-state index contributed by atoms with van der Waals surface area (Å²) in [4.78, 5) is 11.4. The number of esters is 1. The molecular formula is C28H36O10. The molecule has 0 aliphatic carbocycles. The Morgan fingerprint density at radius 1 is 0.632 bits per heavy atom. The third-order valence-electron chi connectivity index (χ3n) is 5.09. The third kappa shape index (κ3) is 11.4. The van der Waals surface area contributed by atoms with Crippen LogP contribution in [0, 0.1) is 0 Å². The Labute approximate surface area is 223 Å². The lowest BCUT2D eigenvalue weighted by Gasteiger charge is -2.15. The molecule has 0 N–H and O–H groups in total. The summed E-state index contributed by atoms with van der Waals surface area (Å²) >= 11 is 0. The number of rotatable bonds is 3. The summed E-state index contributed by atoms with van der Waals surface area (Å²) in [6, 6.07) is 12.8. The molecule has 1 aliphatic heterocycles. The molecule has 0 spiro atoms. The molecule has 0 saturated carbocycles. The highest BCUT2D eigenvalue weighted by molar-refractivity contribution is 5.81. The smallest absolute Gasteiger partial charge is 0.330 e. The molecule has 38 heavy (non-hydrogen) atoms. The summed E-state index contributed by atoms with van der Waals surface area (Å²) in [5.41, 5.74) is 0.757. The van der Waals surface area contributed by atoms with Crippen molar-refractivity contribution in [3.8, 4) is 23.0 Å². The molecule has 10 heteroatoms. The minimum absolute atomic E-state index is 0.0960. The van der Waals surface area contributed by atoms with Gasteiger partial charge in [0, 0.05) is 6.08 Å². The van der Waals surface area contributed by atoms with Crippen molar-refractivity contribution >= 4 is 5.97 Å². The van der Waals surface area contributed by atoms with Crippen LogP contribution in [0.5, 0.6) is 23.0 Å². The summed E-state index contributed by atoms with van der Waals surface area (Å²) < 4.78 is 50.8. The van der Waals surface area contributed by atoms with Gasteiger partial charge in [-0.05, 0) is 29.8 Å². The van der Waals surface area contributed by atoms with Crippen molar-refractivity contribution in [2.45, 2.75) is 6.61 Å². The molecule has 0 atom stereocenters. The highest BCUT2D eigenvalue weighted by Gasteiger charge is 2.09. The highest BCUT2D eigenvalue weighted by atomic mass is 16.6. The molecule has 208 valence electrons. The summed E-state index contributed by atoms with van der Waals surface area (Å²) in [5, 5.41) is 0. The van der Waals surface area contributed by atoms with Crippen LogP contribution in [0.1, 0.15) is 5.56 Å². The van der Waals surface area contributed by atoms with Gasteiger partial charge in [0.1, 0.15) is 33.0 Å². The van der Waals surface area contributed by atoms with Gasteiger partial charge < -0.3 is 42.6 Å². The predicted molar refractivity (Wildman–Crippen MR) is 138 cm³/mol. The monoisotopic (exact) mass is 532 g/mol. The number of para-hydroxylation sites is 2. The van der Waals surface area contributed by atoms with Crippen LogP contribution >= 0.6 is 0 Å². The molecule has 0 bridgehead atoms.